The average Bonchev–Trinajstić information content (AvgIpc) is 3.32. The normalized spacial score (nSPS) is 27.6. The predicted molar refractivity (Wildman–Crippen MR) is 114 cm³/mol. The molecule has 6 heteroatoms. The minimum absolute atomic E-state index is 0.368. The second-order valence-electron chi connectivity index (χ2n) is 8.61. The first-order chi connectivity index (χ1) is 13.7. The fourth-order valence-electron chi connectivity index (χ4n) is 4.57. The molecule has 150 valence electrons. The molecular weight excluding hydrogens is 368 g/mol. The van der Waals surface area contributed by atoms with E-state index < -0.39 is 0 Å². The van der Waals surface area contributed by atoms with Crippen LogP contribution in [0.4, 0.5) is 0 Å². The van der Waals surface area contributed by atoms with E-state index in [0.717, 1.165) is 49.2 Å². The monoisotopic (exact) mass is 398 g/mol. The quantitative estimate of drug-likeness (QED) is 0.839. The van der Waals surface area contributed by atoms with E-state index in [-0.39, 0.29) is 0 Å². The lowest BCUT2D eigenvalue weighted by Gasteiger charge is -2.41. The zero-order valence-electron chi connectivity index (χ0n) is 16.9. The van der Waals surface area contributed by atoms with Gasteiger partial charge in [0.25, 0.3) is 0 Å². The van der Waals surface area contributed by atoms with Crippen molar-refractivity contribution in [2.24, 2.45) is 0 Å². The molecular formula is C22H30N4OS. The maximum absolute atomic E-state index is 6.22. The Kier molecular flexibility index (Phi) is 5.13. The molecule has 28 heavy (non-hydrogen) atoms. The van der Waals surface area contributed by atoms with Crippen LogP contribution in [0, 0.1) is 0 Å². The highest BCUT2D eigenvalue weighted by molar-refractivity contribution is 7.15. The lowest BCUT2D eigenvalue weighted by molar-refractivity contribution is 0.0257. The van der Waals surface area contributed by atoms with Crippen molar-refractivity contribution in [1.82, 2.24) is 20.1 Å². The molecule has 1 unspecified atom stereocenters. The lowest BCUT2D eigenvalue weighted by Crippen LogP contribution is -2.49. The molecule has 0 amide bonds. The van der Waals surface area contributed by atoms with Crippen molar-refractivity contribution in [3.63, 3.8) is 0 Å². The van der Waals surface area contributed by atoms with Gasteiger partial charge >= 0.3 is 0 Å². The minimum Gasteiger partial charge on any atom is -0.490 e. The first kappa shape index (κ1) is 18.6. The standard InChI is InChI=1S/C22H30N4OS/c1-25(2)16-8-10-26(14-16)17-11-19(12-17)27-18-5-3-15(4-6-18)22-24-20-7-9-23-13-21(20)28-22/h3-6,16-17,19,23H,7-14H2,1-2H3/t16?,17-,19-. The highest BCUT2D eigenvalue weighted by atomic mass is 32.1. The molecule has 2 fully saturated rings. The van der Waals surface area contributed by atoms with Gasteiger partial charge in [0.05, 0.1) is 5.69 Å². The van der Waals surface area contributed by atoms with E-state index in [1.54, 1.807) is 0 Å². The summed E-state index contributed by atoms with van der Waals surface area (Å²) in [4.78, 5) is 11.3. The van der Waals surface area contributed by atoms with Crippen LogP contribution in [0.1, 0.15) is 29.8 Å². The van der Waals surface area contributed by atoms with Crippen LogP contribution in [0.2, 0.25) is 0 Å². The third-order valence-electron chi connectivity index (χ3n) is 6.52. The predicted octanol–water partition coefficient (Wildman–Crippen LogP) is 3.00. The number of fused-ring (bicyclic) bond motifs is 1. The Balaban J connectivity index is 1.14. The topological polar surface area (TPSA) is 40.6 Å². The summed E-state index contributed by atoms with van der Waals surface area (Å²) in [6.45, 7) is 4.45. The number of aromatic nitrogens is 1. The van der Waals surface area contributed by atoms with Gasteiger partial charge in [-0.15, -0.1) is 11.3 Å². The van der Waals surface area contributed by atoms with Crippen LogP contribution in [-0.2, 0) is 13.0 Å². The molecule has 0 spiro atoms. The van der Waals surface area contributed by atoms with Crippen LogP contribution in [0.25, 0.3) is 10.6 Å². The third-order valence-corrected chi connectivity index (χ3v) is 7.66. The van der Waals surface area contributed by atoms with Crippen molar-refractivity contribution in [2.75, 3.05) is 33.7 Å². The highest BCUT2D eigenvalue weighted by Gasteiger charge is 2.38. The summed E-state index contributed by atoms with van der Waals surface area (Å²) in [6, 6.07) is 9.97. The lowest BCUT2D eigenvalue weighted by atomic mass is 9.88. The van der Waals surface area contributed by atoms with Gasteiger partial charge in [-0.3, -0.25) is 4.90 Å². The van der Waals surface area contributed by atoms with E-state index in [0.29, 0.717) is 12.1 Å². The fourth-order valence-corrected chi connectivity index (χ4v) is 5.65. The number of ether oxygens (including phenoxy) is 1. The van der Waals surface area contributed by atoms with Crippen molar-refractivity contribution in [3.8, 4) is 16.3 Å². The van der Waals surface area contributed by atoms with Gasteiger partial charge in [-0.25, -0.2) is 4.98 Å². The van der Waals surface area contributed by atoms with Gasteiger partial charge in [0.2, 0.25) is 0 Å². The number of rotatable bonds is 5. The zero-order chi connectivity index (χ0) is 19.1. The molecule has 1 aliphatic carbocycles. The number of thiazole rings is 1. The maximum Gasteiger partial charge on any atom is 0.123 e. The van der Waals surface area contributed by atoms with Gasteiger partial charge in [0.1, 0.15) is 16.9 Å². The zero-order valence-corrected chi connectivity index (χ0v) is 17.7. The summed E-state index contributed by atoms with van der Waals surface area (Å²) in [5.74, 6) is 0.989. The first-order valence-electron chi connectivity index (χ1n) is 10.5. The minimum atomic E-state index is 0.368. The molecule has 1 N–H and O–H groups in total. The van der Waals surface area contributed by atoms with Crippen molar-refractivity contribution >= 4 is 11.3 Å². The molecule has 0 bridgehead atoms. The van der Waals surface area contributed by atoms with Crippen molar-refractivity contribution in [1.29, 1.82) is 0 Å². The van der Waals surface area contributed by atoms with E-state index in [4.69, 9.17) is 9.72 Å². The Morgan fingerprint density at radius 3 is 2.75 bits per heavy atom. The number of likely N-dealkylation sites (tertiary alicyclic amines) is 1. The van der Waals surface area contributed by atoms with Crippen molar-refractivity contribution in [2.45, 2.75) is 50.4 Å². The molecule has 0 radical (unpaired) electrons. The summed E-state index contributed by atoms with van der Waals surface area (Å²) in [5, 5.41) is 4.56. The number of nitrogens with zero attached hydrogens (tertiary/aromatic N) is 3. The van der Waals surface area contributed by atoms with Gasteiger partial charge in [-0.1, -0.05) is 0 Å². The van der Waals surface area contributed by atoms with Gasteiger partial charge in [-0.2, -0.15) is 0 Å². The third kappa shape index (κ3) is 3.71. The molecule has 5 rings (SSSR count). The summed E-state index contributed by atoms with van der Waals surface area (Å²) >= 11 is 1.82. The van der Waals surface area contributed by atoms with Gasteiger partial charge in [0.15, 0.2) is 0 Å². The van der Waals surface area contributed by atoms with Gasteiger partial charge in [0, 0.05) is 68.0 Å². The molecule has 1 saturated heterocycles. The number of benzene rings is 1. The number of hydrogen-bond donors (Lipinski definition) is 1. The summed E-state index contributed by atoms with van der Waals surface area (Å²) in [6.07, 6.45) is 5.03. The second-order valence-corrected chi connectivity index (χ2v) is 9.69. The molecule has 3 heterocycles. The smallest absolute Gasteiger partial charge is 0.123 e. The Labute approximate surface area is 171 Å². The van der Waals surface area contributed by atoms with Crippen molar-refractivity contribution < 1.29 is 4.74 Å². The van der Waals surface area contributed by atoms with E-state index in [9.17, 15) is 0 Å². The Morgan fingerprint density at radius 1 is 1.21 bits per heavy atom. The van der Waals surface area contributed by atoms with Crippen LogP contribution < -0.4 is 10.1 Å². The van der Waals surface area contributed by atoms with Crippen LogP contribution in [0.15, 0.2) is 24.3 Å². The molecule has 2 aromatic rings. The molecule has 1 aromatic heterocycles. The highest BCUT2D eigenvalue weighted by Crippen LogP contribution is 2.34. The fraction of sp³-hybridized carbons (Fsp3) is 0.591. The van der Waals surface area contributed by atoms with Crippen LogP contribution >= 0.6 is 11.3 Å². The van der Waals surface area contributed by atoms with Crippen LogP contribution in [0.5, 0.6) is 5.75 Å². The SMILES string of the molecule is CN(C)C1CCN([C@H]2C[C@H](Oc3ccc(-c4nc5c(s4)CNCC5)cc3)C2)C1. The van der Waals surface area contributed by atoms with Crippen molar-refractivity contribution in [3.05, 3.63) is 34.8 Å². The molecule has 5 nitrogen and oxygen atoms in total. The molecule has 1 saturated carbocycles. The summed E-state index contributed by atoms with van der Waals surface area (Å²) in [5.41, 5.74) is 2.48. The number of nitrogens with one attached hydrogen (secondary N) is 1. The average molecular weight is 399 g/mol. The summed E-state index contributed by atoms with van der Waals surface area (Å²) < 4.78 is 6.22. The number of hydrogen-bond acceptors (Lipinski definition) is 6. The Bertz CT molecular complexity index is 789. The number of likely N-dealkylation sites (N-methyl/N-ethyl adjacent to an activating group) is 1. The van der Waals surface area contributed by atoms with Crippen LogP contribution in [-0.4, -0.2) is 66.7 Å². The van der Waals surface area contributed by atoms with Gasteiger partial charge < -0.3 is 15.0 Å². The van der Waals surface area contributed by atoms with Gasteiger partial charge in [-0.05, 0) is 44.8 Å². The molecule has 2 aliphatic heterocycles. The van der Waals surface area contributed by atoms with Crippen LogP contribution in [0.3, 0.4) is 0 Å². The Morgan fingerprint density at radius 2 is 2.04 bits per heavy atom. The molecule has 1 aromatic carbocycles. The van der Waals surface area contributed by atoms with E-state index in [1.807, 2.05) is 11.3 Å². The summed E-state index contributed by atoms with van der Waals surface area (Å²) in [7, 11) is 4.39. The first-order valence-corrected chi connectivity index (χ1v) is 11.3. The second kappa shape index (κ2) is 7.75. The van der Waals surface area contributed by atoms with E-state index >= 15 is 0 Å². The van der Waals surface area contributed by atoms with E-state index in [1.165, 1.54) is 35.6 Å². The maximum atomic E-state index is 6.22. The molecule has 3 aliphatic rings. The molecule has 1 atom stereocenters. The largest absolute Gasteiger partial charge is 0.490 e. The van der Waals surface area contributed by atoms with E-state index in [2.05, 4.69) is 53.5 Å². The Hall–Kier alpha value is -1.47.